The van der Waals surface area contributed by atoms with Crippen molar-refractivity contribution < 1.29 is 10.2 Å². The molecule has 0 spiro atoms. The number of aliphatic hydroxyl groups excluding tert-OH is 2. The SMILES string of the molecule is CC/C=C\CCCCCCCCN(CCCCN(CCCCCCCC/C=C\CCCCCCCC)CC(O)CNC(=N)N)CC(O)CNC(=N)N. The molecule has 0 aromatic rings. The van der Waals surface area contributed by atoms with Gasteiger partial charge in [0, 0.05) is 26.2 Å². The fraction of sp³-hybridized carbons (Fsp3) is 0.857. The second-order valence-corrected chi connectivity index (χ2v) is 14.9. The van der Waals surface area contributed by atoms with Crippen LogP contribution in [-0.2, 0) is 0 Å². The third-order valence-corrected chi connectivity index (χ3v) is 9.68. The molecule has 0 aromatic carbocycles. The second-order valence-electron chi connectivity index (χ2n) is 14.9. The summed E-state index contributed by atoms with van der Waals surface area (Å²) >= 11 is 0. The monoisotopic (exact) mass is 735 g/mol. The first-order valence-electron chi connectivity index (χ1n) is 21.5. The number of allylic oxidation sites excluding steroid dienone is 4. The lowest BCUT2D eigenvalue weighted by Crippen LogP contribution is -2.43. The molecule has 0 fully saturated rings. The van der Waals surface area contributed by atoms with Crippen LogP contribution >= 0.6 is 0 Å². The molecule has 10 nitrogen and oxygen atoms in total. The van der Waals surface area contributed by atoms with Crippen molar-refractivity contribution in [3.05, 3.63) is 24.3 Å². The molecule has 0 saturated heterocycles. The largest absolute Gasteiger partial charge is 0.390 e. The Kier molecular flexibility index (Phi) is 37.0. The van der Waals surface area contributed by atoms with E-state index < -0.39 is 12.2 Å². The van der Waals surface area contributed by atoms with Gasteiger partial charge in [0.15, 0.2) is 11.9 Å². The first kappa shape index (κ1) is 49.9. The van der Waals surface area contributed by atoms with E-state index >= 15 is 0 Å². The molecule has 0 aromatic heterocycles. The van der Waals surface area contributed by atoms with Crippen LogP contribution < -0.4 is 22.1 Å². The van der Waals surface area contributed by atoms with Gasteiger partial charge in [-0.3, -0.25) is 10.8 Å². The van der Waals surface area contributed by atoms with Gasteiger partial charge in [0.05, 0.1) is 12.2 Å². The van der Waals surface area contributed by atoms with Crippen LogP contribution in [0.5, 0.6) is 0 Å². The lowest BCUT2D eigenvalue weighted by atomic mass is 10.1. The Morgan fingerprint density at radius 2 is 0.808 bits per heavy atom. The summed E-state index contributed by atoms with van der Waals surface area (Å²) in [6, 6.07) is 0. The molecule has 0 heterocycles. The van der Waals surface area contributed by atoms with Crippen LogP contribution in [0.4, 0.5) is 0 Å². The topological polar surface area (TPSA) is 171 Å². The smallest absolute Gasteiger partial charge is 0.185 e. The lowest BCUT2D eigenvalue weighted by molar-refractivity contribution is 0.104. The van der Waals surface area contributed by atoms with Crippen LogP contribution in [0.1, 0.15) is 168 Å². The second kappa shape index (κ2) is 38.6. The predicted octanol–water partition coefficient (Wildman–Crippen LogP) is 7.79. The standard InChI is InChI=1S/C42H86N8O2/c1-3-5-7-9-11-13-15-16-17-18-19-20-22-24-26-28-32-50(38-40(52)36-48-42(45)46)34-30-29-33-49(37-39(51)35-47-41(43)44)31-27-25-23-21-14-12-10-8-6-4-2/h6,8,16-17,39-40,51-52H,3-5,7,9-15,18-38H2,1-2H3,(H4,43,44,47)(H4,45,46,48)/b8-6-,17-16-. The number of nitrogens with zero attached hydrogens (tertiary/aromatic N) is 2. The predicted molar refractivity (Wildman–Crippen MR) is 225 cm³/mol. The van der Waals surface area contributed by atoms with Gasteiger partial charge in [0.2, 0.25) is 0 Å². The zero-order valence-electron chi connectivity index (χ0n) is 34.0. The van der Waals surface area contributed by atoms with E-state index in [9.17, 15) is 10.2 Å². The molecule has 0 aliphatic heterocycles. The Hall–Kier alpha value is -2.14. The molecule has 10 heteroatoms. The first-order chi connectivity index (χ1) is 25.3. The van der Waals surface area contributed by atoms with Crippen LogP contribution in [-0.4, -0.2) is 96.5 Å². The highest BCUT2D eigenvalue weighted by atomic mass is 16.3. The van der Waals surface area contributed by atoms with E-state index in [2.05, 4.69) is 58.6 Å². The van der Waals surface area contributed by atoms with Gasteiger partial charge in [-0.25, -0.2) is 0 Å². The summed E-state index contributed by atoms with van der Waals surface area (Å²) in [5.41, 5.74) is 10.9. The van der Waals surface area contributed by atoms with Crippen molar-refractivity contribution in [2.45, 2.75) is 180 Å². The van der Waals surface area contributed by atoms with Crippen LogP contribution in [0.25, 0.3) is 0 Å². The third-order valence-electron chi connectivity index (χ3n) is 9.68. The number of nitrogens with one attached hydrogen (secondary N) is 4. The number of rotatable bonds is 39. The van der Waals surface area contributed by atoms with E-state index in [1.807, 2.05) is 0 Å². The van der Waals surface area contributed by atoms with Crippen molar-refractivity contribution in [2.24, 2.45) is 11.5 Å². The molecule has 306 valence electrons. The molecule has 0 aliphatic rings. The average molecular weight is 735 g/mol. The highest BCUT2D eigenvalue weighted by Crippen LogP contribution is 2.12. The van der Waals surface area contributed by atoms with Crippen molar-refractivity contribution >= 4 is 11.9 Å². The van der Waals surface area contributed by atoms with Gasteiger partial charge in [0.1, 0.15) is 0 Å². The summed E-state index contributed by atoms with van der Waals surface area (Å²) < 4.78 is 0. The number of aliphatic hydroxyl groups is 2. The summed E-state index contributed by atoms with van der Waals surface area (Å²) in [5, 5.41) is 41.6. The van der Waals surface area contributed by atoms with Crippen molar-refractivity contribution in [3.8, 4) is 0 Å². The van der Waals surface area contributed by atoms with Crippen LogP contribution in [0.2, 0.25) is 0 Å². The van der Waals surface area contributed by atoms with Crippen molar-refractivity contribution in [2.75, 3.05) is 52.4 Å². The zero-order chi connectivity index (χ0) is 38.3. The minimum absolute atomic E-state index is 0.112. The molecule has 0 saturated carbocycles. The molecule has 0 aliphatic carbocycles. The van der Waals surface area contributed by atoms with E-state index in [0.29, 0.717) is 13.1 Å². The maximum atomic E-state index is 10.6. The Morgan fingerprint density at radius 1 is 0.500 bits per heavy atom. The van der Waals surface area contributed by atoms with Gasteiger partial charge >= 0.3 is 0 Å². The van der Waals surface area contributed by atoms with E-state index in [4.69, 9.17) is 22.3 Å². The Morgan fingerprint density at radius 3 is 1.15 bits per heavy atom. The van der Waals surface area contributed by atoms with Gasteiger partial charge in [-0.15, -0.1) is 0 Å². The highest BCUT2D eigenvalue weighted by Gasteiger charge is 2.14. The van der Waals surface area contributed by atoms with Gasteiger partial charge in [-0.05, 0) is 96.8 Å². The summed E-state index contributed by atoms with van der Waals surface area (Å²) in [6.07, 6.45) is 38.1. The maximum Gasteiger partial charge on any atom is 0.185 e. The average Bonchev–Trinajstić information content (AvgIpc) is 3.11. The Bertz CT molecular complexity index is 856. The molecular weight excluding hydrogens is 649 g/mol. The number of guanidine groups is 2. The van der Waals surface area contributed by atoms with Crippen LogP contribution in [0.15, 0.2) is 24.3 Å². The summed E-state index contributed by atoms with van der Waals surface area (Å²) in [7, 11) is 0. The van der Waals surface area contributed by atoms with Crippen LogP contribution in [0.3, 0.4) is 0 Å². The van der Waals surface area contributed by atoms with Gasteiger partial charge in [0.25, 0.3) is 0 Å². The van der Waals surface area contributed by atoms with Gasteiger partial charge in [-0.1, -0.05) is 122 Å². The molecule has 0 bridgehead atoms. The number of nitrogens with two attached hydrogens (primary N) is 2. The zero-order valence-corrected chi connectivity index (χ0v) is 34.0. The first-order valence-corrected chi connectivity index (χ1v) is 21.5. The molecule has 52 heavy (non-hydrogen) atoms. The fourth-order valence-corrected chi connectivity index (χ4v) is 6.61. The van der Waals surface area contributed by atoms with Gasteiger partial charge in [-0.2, -0.15) is 0 Å². The normalized spacial score (nSPS) is 13.1. The third kappa shape index (κ3) is 37.6. The minimum atomic E-state index is -0.578. The fourth-order valence-electron chi connectivity index (χ4n) is 6.61. The lowest BCUT2D eigenvalue weighted by Gasteiger charge is -2.27. The molecule has 10 N–H and O–H groups in total. The Labute approximate surface area is 321 Å². The summed E-state index contributed by atoms with van der Waals surface area (Å²) in [4.78, 5) is 4.73. The van der Waals surface area contributed by atoms with Crippen molar-refractivity contribution in [1.82, 2.24) is 20.4 Å². The van der Waals surface area contributed by atoms with Crippen molar-refractivity contribution in [1.29, 1.82) is 10.8 Å². The van der Waals surface area contributed by atoms with Crippen LogP contribution in [0, 0.1) is 10.8 Å². The van der Waals surface area contributed by atoms with Gasteiger partial charge < -0.3 is 42.1 Å². The molecule has 0 rings (SSSR count). The van der Waals surface area contributed by atoms with E-state index in [0.717, 1.165) is 58.3 Å². The van der Waals surface area contributed by atoms with E-state index in [1.165, 1.54) is 122 Å². The molecule has 0 radical (unpaired) electrons. The summed E-state index contributed by atoms with van der Waals surface area (Å²) in [5.74, 6) is -0.224. The van der Waals surface area contributed by atoms with E-state index in [1.54, 1.807) is 0 Å². The quantitative estimate of drug-likeness (QED) is 0.0137. The molecule has 0 amide bonds. The summed E-state index contributed by atoms with van der Waals surface area (Å²) in [6.45, 7) is 9.92. The molecule has 2 unspecified atom stereocenters. The Balaban J connectivity index is 4.55. The molecule has 2 atom stereocenters. The number of unbranched alkanes of at least 4 members (excludes halogenated alkanes) is 19. The highest BCUT2D eigenvalue weighted by molar-refractivity contribution is 5.74. The molecular formula is C42H86N8O2. The van der Waals surface area contributed by atoms with E-state index in [-0.39, 0.29) is 25.0 Å². The maximum absolute atomic E-state index is 10.6. The van der Waals surface area contributed by atoms with Crippen molar-refractivity contribution in [3.63, 3.8) is 0 Å². The number of hydrogen-bond acceptors (Lipinski definition) is 6. The minimum Gasteiger partial charge on any atom is -0.390 e. The number of hydrogen-bond donors (Lipinski definition) is 8.